The molecule has 39 heavy (non-hydrogen) atoms. The van der Waals surface area contributed by atoms with E-state index in [4.69, 9.17) is 14.2 Å². The van der Waals surface area contributed by atoms with Crippen molar-refractivity contribution in [3.63, 3.8) is 0 Å². The SMILES string of the molecule is CCOC(=O)Nc1cc(C2CCC(=O)N2CC(=O)OC(C)(C)C)c(Oc2ccc(S(=O)(=O)CC)cc2)cc1C. The van der Waals surface area contributed by atoms with Crippen LogP contribution in [0.3, 0.4) is 0 Å². The van der Waals surface area contributed by atoms with Crippen LogP contribution in [0.2, 0.25) is 0 Å². The third-order valence-electron chi connectivity index (χ3n) is 6.07. The molecule has 1 fully saturated rings. The fourth-order valence-electron chi connectivity index (χ4n) is 4.24. The third kappa shape index (κ3) is 7.72. The van der Waals surface area contributed by atoms with Gasteiger partial charge in [-0.15, -0.1) is 0 Å². The Morgan fingerprint density at radius 3 is 2.36 bits per heavy atom. The van der Waals surface area contributed by atoms with Gasteiger partial charge >= 0.3 is 12.1 Å². The van der Waals surface area contributed by atoms with Crippen molar-refractivity contribution >= 4 is 33.5 Å². The van der Waals surface area contributed by atoms with Crippen molar-refractivity contribution in [2.45, 2.75) is 70.9 Å². The number of anilines is 1. The normalized spacial score (nSPS) is 15.7. The number of hydrogen-bond donors (Lipinski definition) is 1. The maximum absolute atomic E-state index is 12.8. The second-order valence-electron chi connectivity index (χ2n) is 10.2. The number of rotatable bonds is 9. The Labute approximate surface area is 229 Å². The highest BCUT2D eigenvalue weighted by molar-refractivity contribution is 7.91. The number of aryl methyl sites for hydroxylation is 1. The molecule has 0 bridgehead atoms. The summed E-state index contributed by atoms with van der Waals surface area (Å²) in [4.78, 5) is 39.3. The molecule has 1 heterocycles. The van der Waals surface area contributed by atoms with E-state index in [9.17, 15) is 22.8 Å². The van der Waals surface area contributed by atoms with Gasteiger partial charge in [-0.1, -0.05) is 6.92 Å². The Balaban J connectivity index is 2.01. The predicted octanol–water partition coefficient (Wildman–Crippen LogP) is 5.15. The first kappa shape index (κ1) is 29.9. The van der Waals surface area contributed by atoms with E-state index in [-0.39, 0.29) is 36.1 Å². The molecule has 3 rings (SSSR count). The summed E-state index contributed by atoms with van der Waals surface area (Å²) in [6.45, 7) is 10.3. The van der Waals surface area contributed by atoms with Gasteiger partial charge in [0.15, 0.2) is 9.84 Å². The molecule has 1 atom stereocenters. The van der Waals surface area contributed by atoms with Crippen molar-refractivity contribution < 1.29 is 37.0 Å². The molecule has 1 N–H and O–H groups in total. The van der Waals surface area contributed by atoms with Gasteiger partial charge in [-0.25, -0.2) is 13.2 Å². The van der Waals surface area contributed by atoms with Gasteiger partial charge in [-0.2, -0.15) is 0 Å². The van der Waals surface area contributed by atoms with Crippen LogP contribution in [-0.2, 0) is 28.9 Å². The van der Waals surface area contributed by atoms with Crippen LogP contribution in [0.25, 0.3) is 0 Å². The highest BCUT2D eigenvalue weighted by Gasteiger charge is 2.36. The Bertz CT molecular complexity index is 1330. The lowest BCUT2D eigenvalue weighted by Crippen LogP contribution is -2.37. The zero-order valence-electron chi connectivity index (χ0n) is 23.2. The van der Waals surface area contributed by atoms with Gasteiger partial charge in [0.2, 0.25) is 5.91 Å². The van der Waals surface area contributed by atoms with Gasteiger partial charge in [0.05, 0.1) is 23.3 Å². The molecule has 2 aromatic rings. The van der Waals surface area contributed by atoms with E-state index in [1.165, 1.54) is 17.0 Å². The zero-order chi connectivity index (χ0) is 29.0. The van der Waals surface area contributed by atoms with Crippen LogP contribution in [-0.4, -0.2) is 55.8 Å². The first-order valence-electron chi connectivity index (χ1n) is 12.8. The molecule has 1 unspecified atom stereocenters. The number of carbonyl (C=O) groups is 3. The van der Waals surface area contributed by atoms with E-state index >= 15 is 0 Å². The number of ether oxygens (including phenoxy) is 3. The van der Waals surface area contributed by atoms with Crippen molar-refractivity contribution in [1.29, 1.82) is 0 Å². The molecule has 2 amide bonds. The van der Waals surface area contributed by atoms with Gasteiger partial charge in [0.25, 0.3) is 0 Å². The highest BCUT2D eigenvalue weighted by Crippen LogP contribution is 2.42. The molecule has 11 heteroatoms. The number of amides is 2. The van der Waals surface area contributed by atoms with Crippen molar-refractivity contribution in [3.05, 3.63) is 47.5 Å². The molecule has 0 spiro atoms. The summed E-state index contributed by atoms with van der Waals surface area (Å²) in [5.41, 5.74) is 1.01. The molecule has 0 aliphatic carbocycles. The van der Waals surface area contributed by atoms with E-state index in [2.05, 4.69) is 5.32 Å². The number of carbonyl (C=O) groups excluding carboxylic acids is 3. The molecule has 0 saturated carbocycles. The van der Waals surface area contributed by atoms with E-state index in [1.54, 1.807) is 65.8 Å². The molecule has 1 saturated heterocycles. The minimum Gasteiger partial charge on any atom is -0.459 e. The van der Waals surface area contributed by atoms with Gasteiger partial charge in [-0.3, -0.25) is 14.9 Å². The number of benzene rings is 2. The average molecular weight is 561 g/mol. The molecule has 1 aliphatic rings. The van der Waals surface area contributed by atoms with Gasteiger partial charge in [-0.05, 0) is 83.0 Å². The maximum Gasteiger partial charge on any atom is 0.411 e. The number of hydrogen-bond acceptors (Lipinski definition) is 8. The number of esters is 1. The highest BCUT2D eigenvalue weighted by atomic mass is 32.2. The molecular weight excluding hydrogens is 524 g/mol. The van der Waals surface area contributed by atoms with Crippen molar-refractivity contribution in [1.82, 2.24) is 4.90 Å². The Hall–Kier alpha value is -3.60. The van der Waals surface area contributed by atoms with Crippen molar-refractivity contribution in [2.24, 2.45) is 0 Å². The van der Waals surface area contributed by atoms with E-state index < -0.39 is 33.5 Å². The maximum atomic E-state index is 12.8. The second kappa shape index (κ2) is 12.1. The van der Waals surface area contributed by atoms with Crippen LogP contribution in [0.15, 0.2) is 41.3 Å². The topological polar surface area (TPSA) is 128 Å². The zero-order valence-corrected chi connectivity index (χ0v) is 24.0. The largest absolute Gasteiger partial charge is 0.459 e. The predicted molar refractivity (Wildman–Crippen MR) is 146 cm³/mol. The molecule has 2 aromatic carbocycles. The summed E-state index contributed by atoms with van der Waals surface area (Å²) in [7, 11) is -3.37. The molecular formula is C28H36N2O8S. The summed E-state index contributed by atoms with van der Waals surface area (Å²) in [5.74, 6) is 0.0392. The van der Waals surface area contributed by atoms with Crippen LogP contribution in [0.5, 0.6) is 11.5 Å². The lowest BCUT2D eigenvalue weighted by Gasteiger charge is -2.28. The second-order valence-corrected chi connectivity index (χ2v) is 12.5. The molecule has 212 valence electrons. The molecule has 1 aliphatic heterocycles. The minimum absolute atomic E-state index is 0.0192. The lowest BCUT2D eigenvalue weighted by atomic mass is 9.99. The number of sulfone groups is 1. The van der Waals surface area contributed by atoms with E-state index in [0.29, 0.717) is 34.7 Å². The van der Waals surface area contributed by atoms with Crippen molar-refractivity contribution in [3.8, 4) is 11.5 Å². The molecule has 0 aromatic heterocycles. The summed E-state index contributed by atoms with van der Waals surface area (Å²) >= 11 is 0. The average Bonchev–Trinajstić information content (AvgIpc) is 3.19. The third-order valence-corrected chi connectivity index (χ3v) is 7.82. The Morgan fingerprint density at radius 1 is 1.10 bits per heavy atom. The standard InChI is InChI=1S/C28H36N2O8S/c1-7-36-27(33)29-22-16-21(23-13-14-25(31)30(23)17-26(32)38-28(4,5)6)24(15-18(22)3)37-19-9-11-20(12-10-19)39(34,35)8-2/h9-12,15-16,23H,7-8,13-14,17H2,1-6H3,(H,29,33). The fraction of sp³-hybridized carbons (Fsp3) is 0.464. The van der Waals surface area contributed by atoms with Gasteiger partial charge in [0.1, 0.15) is 23.6 Å². The number of likely N-dealkylation sites (tertiary alicyclic amines) is 1. The van der Waals surface area contributed by atoms with Crippen LogP contribution in [0.4, 0.5) is 10.5 Å². The van der Waals surface area contributed by atoms with Crippen LogP contribution >= 0.6 is 0 Å². The number of nitrogens with zero attached hydrogens (tertiary/aromatic N) is 1. The van der Waals surface area contributed by atoms with Crippen molar-refractivity contribution in [2.75, 3.05) is 24.2 Å². The first-order valence-corrected chi connectivity index (χ1v) is 14.5. The Morgan fingerprint density at radius 2 is 1.77 bits per heavy atom. The summed E-state index contributed by atoms with van der Waals surface area (Å²) < 4.78 is 41.0. The molecule has 0 radical (unpaired) electrons. The smallest absolute Gasteiger partial charge is 0.411 e. The van der Waals surface area contributed by atoms with Crippen LogP contribution in [0, 0.1) is 6.92 Å². The van der Waals surface area contributed by atoms with Crippen LogP contribution < -0.4 is 10.1 Å². The van der Waals surface area contributed by atoms with Gasteiger partial charge in [0, 0.05) is 17.7 Å². The number of nitrogens with one attached hydrogen (secondary N) is 1. The summed E-state index contributed by atoms with van der Waals surface area (Å²) in [6.07, 6.45) is 0.0273. The lowest BCUT2D eigenvalue weighted by molar-refractivity contribution is -0.158. The summed E-state index contributed by atoms with van der Waals surface area (Å²) in [5, 5.41) is 2.72. The van der Waals surface area contributed by atoms with E-state index in [1.807, 2.05) is 0 Å². The van der Waals surface area contributed by atoms with Crippen LogP contribution in [0.1, 0.15) is 64.6 Å². The van der Waals surface area contributed by atoms with Gasteiger partial charge < -0.3 is 19.1 Å². The quantitative estimate of drug-likeness (QED) is 0.417. The first-order chi connectivity index (χ1) is 18.2. The summed E-state index contributed by atoms with van der Waals surface area (Å²) in [6, 6.07) is 8.99. The minimum atomic E-state index is -3.37. The molecule has 10 nitrogen and oxygen atoms in total. The fourth-order valence-corrected chi connectivity index (χ4v) is 5.12. The monoisotopic (exact) mass is 560 g/mol. The Kier molecular flexibility index (Phi) is 9.26. The van der Waals surface area contributed by atoms with E-state index in [0.717, 1.165) is 0 Å².